The molecule has 4 aromatic rings. The van der Waals surface area contributed by atoms with Gasteiger partial charge >= 0.3 is 0 Å². The van der Waals surface area contributed by atoms with Gasteiger partial charge in [-0.25, -0.2) is 9.40 Å². The number of benzene rings is 4. The van der Waals surface area contributed by atoms with E-state index in [0.717, 1.165) is 39.0 Å². The molecule has 0 aromatic heterocycles. The highest BCUT2D eigenvalue weighted by atomic mass is 79.9. The van der Waals surface area contributed by atoms with Gasteiger partial charge in [-0.15, -0.1) is 0 Å². The van der Waals surface area contributed by atoms with Gasteiger partial charge < -0.3 is 4.74 Å². The molecule has 0 fully saturated rings. The lowest BCUT2D eigenvalue weighted by Crippen LogP contribution is -2.33. The average molecular weight is 473 g/mol. The summed E-state index contributed by atoms with van der Waals surface area (Å²) in [7, 11) is 0. The van der Waals surface area contributed by atoms with Crippen LogP contribution in [-0.2, 0) is 0 Å². The Kier molecular flexibility index (Phi) is 4.32. The standard InChI is InChI=1S/C26H18BrFN2O/c27-20-9-12-25-22(14-20)24-15-23(19-6-5-16-3-1-2-4-18(16)13-19)29-30(24)26(31-25)17-7-10-21(28)11-8-17/h1-14,24,26H,15H2. The SMILES string of the molecule is Fc1ccc(C2Oc3ccc(Br)cc3C3CC(c4ccc5ccccc5c4)=NN32)cc1. The van der Waals surface area contributed by atoms with Crippen molar-refractivity contribution in [2.75, 3.05) is 0 Å². The Bertz CT molecular complexity index is 1340. The van der Waals surface area contributed by atoms with Crippen molar-refractivity contribution in [2.24, 2.45) is 5.10 Å². The topological polar surface area (TPSA) is 24.8 Å². The number of hydrogen-bond donors (Lipinski definition) is 0. The lowest BCUT2D eigenvalue weighted by Gasteiger charge is -2.38. The molecule has 31 heavy (non-hydrogen) atoms. The molecular weight excluding hydrogens is 455 g/mol. The quantitative estimate of drug-likeness (QED) is 0.314. The van der Waals surface area contributed by atoms with E-state index in [1.807, 2.05) is 17.1 Å². The first-order valence-corrected chi connectivity index (χ1v) is 11.0. The number of hydrogen-bond acceptors (Lipinski definition) is 3. The molecule has 2 heterocycles. The predicted molar refractivity (Wildman–Crippen MR) is 124 cm³/mol. The van der Waals surface area contributed by atoms with Gasteiger partial charge in [0.15, 0.2) is 0 Å². The van der Waals surface area contributed by atoms with Crippen LogP contribution in [0.1, 0.15) is 35.4 Å². The van der Waals surface area contributed by atoms with Crippen molar-refractivity contribution in [2.45, 2.75) is 18.7 Å². The van der Waals surface area contributed by atoms with Crippen molar-refractivity contribution in [3.63, 3.8) is 0 Å². The second-order valence-electron chi connectivity index (χ2n) is 7.91. The van der Waals surface area contributed by atoms with Crippen LogP contribution in [0.5, 0.6) is 5.75 Å². The van der Waals surface area contributed by atoms with Gasteiger partial charge in [0.1, 0.15) is 11.6 Å². The summed E-state index contributed by atoms with van der Waals surface area (Å²) < 4.78 is 20.9. The number of rotatable bonds is 2. The first-order chi connectivity index (χ1) is 15.2. The molecule has 6 rings (SSSR count). The molecule has 0 amide bonds. The summed E-state index contributed by atoms with van der Waals surface area (Å²) in [5.74, 6) is 0.580. The lowest BCUT2D eigenvalue weighted by atomic mass is 9.95. The van der Waals surface area contributed by atoms with E-state index in [1.54, 1.807) is 12.1 Å². The van der Waals surface area contributed by atoms with Gasteiger partial charge in [-0.1, -0.05) is 64.5 Å². The summed E-state index contributed by atoms with van der Waals surface area (Å²) in [5, 5.41) is 9.44. The monoisotopic (exact) mass is 472 g/mol. The van der Waals surface area contributed by atoms with Crippen molar-refractivity contribution < 1.29 is 9.13 Å². The maximum atomic E-state index is 13.5. The van der Waals surface area contributed by atoms with Crippen LogP contribution in [0.3, 0.4) is 0 Å². The van der Waals surface area contributed by atoms with E-state index >= 15 is 0 Å². The van der Waals surface area contributed by atoms with Crippen LogP contribution in [0.2, 0.25) is 0 Å². The average Bonchev–Trinajstić information content (AvgIpc) is 3.25. The van der Waals surface area contributed by atoms with Crippen LogP contribution in [0, 0.1) is 5.82 Å². The zero-order valence-electron chi connectivity index (χ0n) is 16.5. The summed E-state index contributed by atoms with van der Waals surface area (Å²) in [4.78, 5) is 0. The molecule has 3 nitrogen and oxygen atoms in total. The van der Waals surface area contributed by atoms with Gasteiger partial charge in [0.05, 0.1) is 11.8 Å². The summed E-state index contributed by atoms with van der Waals surface area (Å²) in [6.45, 7) is 0. The van der Waals surface area contributed by atoms with Crippen LogP contribution in [-0.4, -0.2) is 10.7 Å². The third-order valence-corrected chi connectivity index (χ3v) is 6.48. The Morgan fingerprint density at radius 3 is 2.55 bits per heavy atom. The van der Waals surface area contributed by atoms with E-state index in [4.69, 9.17) is 9.84 Å². The molecule has 152 valence electrons. The van der Waals surface area contributed by atoms with Crippen molar-refractivity contribution in [1.29, 1.82) is 0 Å². The second kappa shape index (κ2) is 7.20. The molecular formula is C26H18BrFN2O. The molecule has 0 bridgehead atoms. The number of nitrogens with zero attached hydrogens (tertiary/aromatic N) is 2. The van der Waals surface area contributed by atoms with Crippen LogP contribution in [0.4, 0.5) is 4.39 Å². The molecule has 2 atom stereocenters. The Morgan fingerprint density at radius 1 is 0.903 bits per heavy atom. The number of hydrazone groups is 1. The zero-order chi connectivity index (χ0) is 20.9. The largest absolute Gasteiger partial charge is 0.464 e. The summed E-state index contributed by atoms with van der Waals surface area (Å²) in [6.07, 6.45) is 0.375. The first-order valence-electron chi connectivity index (χ1n) is 10.2. The van der Waals surface area contributed by atoms with Crippen molar-refractivity contribution >= 4 is 32.4 Å². The normalized spacial score (nSPS) is 19.5. The van der Waals surface area contributed by atoms with E-state index in [-0.39, 0.29) is 11.9 Å². The minimum Gasteiger partial charge on any atom is -0.464 e. The molecule has 0 saturated carbocycles. The van der Waals surface area contributed by atoms with E-state index in [0.29, 0.717) is 0 Å². The van der Waals surface area contributed by atoms with Crippen molar-refractivity contribution in [3.8, 4) is 5.75 Å². The van der Waals surface area contributed by atoms with Crippen LogP contribution in [0.15, 0.2) is 94.5 Å². The second-order valence-corrected chi connectivity index (χ2v) is 8.83. The fraction of sp³-hybridized carbons (Fsp3) is 0.115. The molecule has 2 unspecified atom stereocenters. The van der Waals surface area contributed by atoms with Crippen molar-refractivity contribution in [3.05, 3.63) is 112 Å². The summed E-state index contributed by atoms with van der Waals surface area (Å²) >= 11 is 3.59. The first kappa shape index (κ1) is 18.6. The zero-order valence-corrected chi connectivity index (χ0v) is 18.1. The number of ether oxygens (including phenoxy) is 1. The van der Waals surface area contributed by atoms with Crippen LogP contribution in [0.25, 0.3) is 10.8 Å². The van der Waals surface area contributed by atoms with E-state index in [1.165, 1.54) is 22.9 Å². The fourth-order valence-electron chi connectivity index (χ4n) is 4.45. The fourth-order valence-corrected chi connectivity index (χ4v) is 4.83. The molecule has 5 heteroatoms. The van der Waals surface area contributed by atoms with Crippen LogP contribution >= 0.6 is 15.9 Å². The minimum atomic E-state index is -0.405. The Hall–Kier alpha value is -3.18. The predicted octanol–water partition coefficient (Wildman–Crippen LogP) is 6.98. The molecule has 4 aromatic carbocycles. The van der Waals surface area contributed by atoms with Crippen molar-refractivity contribution in [1.82, 2.24) is 5.01 Å². The highest BCUT2D eigenvalue weighted by molar-refractivity contribution is 9.10. The Morgan fingerprint density at radius 2 is 1.71 bits per heavy atom. The third-order valence-electron chi connectivity index (χ3n) is 5.99. The summed E-state index contributed by atoms with van der Waals surface area (Å²) in [6, 6.07) is 27.4. The number of halogens is 2. The lowest BCUT2D eigenvalue weighted by molar-refractivity contribution is -0.0191. The maximum Gasteiger partial charge on any atom is 0.213 e. The molecule has 0 aliphatic carbocycles. The molecule has 0 saturated heterocycles. The van der Waals surface area contributed by atoms with Gasteiger partial charge in [-0.2, -0.15) is 5.10 Å². The van der Waals surface area contributed by atoms with Gasteiger partial charge in [0.25, 0.3) is 0 Å². The molecule has 2 aliphatic heterocycles. The summed E-state index contributed by atoms with van der Waals surface area (Å²) in [5.41, 5.74) is 4.12. The van der Waals surface area contributed by atoms with E-state index < -0.39 is 6.23 Å². The maximum absolute atomic E-state index is 13.5. The van der Waals surface area contributed by atoms with Gasteiger partial charge in [-0.3, -0.25) is 0 Å². The van der Waals surface area contributed by atoms with Crippen LogP contribution < -0.4 is 4.74 Å². The Labute approximate surface area is 187 Å². The molecule has 0 spiro atoms. The van der Waals surface area contributed by atoms with Gasteiger partial charge in [0, 0.05) is 22.0 Å². The third kappa shape index (κ3) is 3.20. The van der Waals surface area contributed by atoms with Gasteiger partial charge in [-0.05, 0) is 52.7 Å². The molecule has 0 radical (unpaired) electrons. The Balaban J connectivity index is 1.45. The number of fused-ring (bicyclic) bond motifs is 4. The van der Waals surface area contributed by atoms with E-state index in [9.17, 15) is 4.39 Å². The highest BCUT2D eigenvalue weighted by Gasteiger charge is 2.41. The van der Waals surface area contributed by atoms with E-state index in [2.05, 4.69) is 64.5 Å². The molecule has 2 aliphatic rings. The highest BCUT2D eigenvalue weighted by Crippen LogP contribution is 2.48. The minimum absolute atomic E-state index is 0.0535. The smallest absolute Gasteiger partial charge is 0.213 e. The van der Waals surface area contributed by atoms with Gasteiger partial charge in [0.2, 0.25) is 6.23 Å². The molecule has 0 N–H and O–H groups in total.